The zero-order chi connectivity index (χ0) is 16.9. The maximum absolute atomic E-state index is 5.43. The Morgan fingerprint density at radius 1 is 1.29 bits per heavy atom. The van der Waals surface area contributed by atoms with Crippen LogP contribution in [0.25, 0.3) is 11.4 Å². The van der Waals surface area contributed by atoms with Gasteiger partial charge in [-0.15, -0.1) is 0 Å². The van der Waals surface area contributed by atoms with Gasteiger partial charge < -0.3 is 14.1 Å². The highest BCUT2D eigenvalue weighted by Crippen LogP contribution is 2.20. The fourth-order valence-corrected chi connectivity index (χ4v) is 2.61. The number of methoxy groups -OCH3 is 1. The predicted octanol–water partition coefficient (Wildman–Crippen LogP) is 2.73. The van der Waals surface area contributed by atoms with Gasteiger partial charge in [0.2, 0.25) is 11.7 Å². The second-order valence-electron chi connectivity index (χ2n) is 5.88. The minimum absolute atomic E-state index is 0.105. The average Bonchev–Trinajstić information content (AvgIpc) is 3.24. The van der Waals surface area contributed by atoms with E-state index in [1.807, 2.05) is 31.3 Å². The van der Waals surface area contributed by atoms with Crippen LogP contribution < -0.4 is 4.74 Å². The highest BCUT2D eigenvalue weighted by Gasteiger charge is 2.22. The van der Waals surface area contributed by atoms with Gasteiger partial charge in [-0.1, -0.05) is 17.2 Å². The highest BCUT2D eigenvalue weighted by atomic mass is 16.6. The number of oxime groups is 1. The molecule has 1 aromatic carbocycles. The molecule has 0 spiro atoms. The van der Waals surface area contributed by atoms with Gasteiger partial charge in [0.25, 0.3) is 0 Å². The SMILES string of the molecule is CCC1=NOC(CN(C)Cc2nc(-c3ccc(OC)cc3)no2)C1. The first-order valence-electron chi connectivity index (χ1n) is 8.05. The Hall–Kier alpha value is -2.41. The summed E-state index contributed by atoms with van der Waals surface area (Å²) in [6.07, 6.45) is 1.94. The lowest BCUT2D eigenvalue weighted by Crippen LogP contribution is -2.29. The second kappa shape index (κ2) is 7.44. The van der Waals surface area contributed by atoms with Crippen molar-refractivity contribution in [1.82, 2.24) is 15.0 Å². The third-order valence-electron chi connectivity index (χ3n) is 3.94. The molecule has 0 amide bonds. The molecule has 1 aliphatic heterocycles. The van der Waals surface area contributed by atoms with E-state index in [-0.39, 0.29) is 6.10 Å². The van der Waals surface area contributed by atoms with Gasteiger partial charge in [-0.05, 0) is 37.7 Å². The van der Waals surface area contributed by atoms with E-state index in [1.165, 1.54) is 0 Å². The van der Waals surface area contributed by atoms with Gasteiger partial charge in [-0.2, -0.15) is 4.98 Å². The van der Waals surface area contributed by atoms with E-state index in [1.54, 1.807) is 7.11 Å². The Balaban J connectivity index is 1.55. The second-order valence-corrected chi connectivity index (χ2v) is 5.88. The monoisotopic (exact) mass is 330 g/mol. The number of hydrogen-bond donors (Lipinski definition) is 0. The van der Waals surface area contributed by atoms with Gasteiger partial charge in [0, 0.05) is 18.5 Å². The Labute approximate surface area is 141 Å². The van der Waals surface area contributed by atoms with Crippen LogP contribution in [-0.2, 0) is 11.4 Å². The molecule has 0 aliphatic carbocycles. The minimum Gasteiger partial charge on any atom is -0.497 e. The largest absolute Gasteiger partial charge is 0.497 e. The molecule has 2 heterocycles. The van der Waals surface area contributed by atoms with Crippen LogP contribution in [0.4, 0.5) is 0 Å². The molecule has 3 rings (SSSR count). The minimum atomic E-state index is 0.105. The molecule has 0 saturated carbocycles. The lowest BCUT2D eigenvalue weighted by Gasteiger charge is -2.17. The van der Waals surface area contributed by atoms with Gasteiger partial charge in [-0.25, -0.2) is 0 Å². The van der Waals surface area contributed by atoms with E-state index in [4.69, 9.17) is 14.1 Å². The van der Waals surface area contributed by atoms with Gasteiger partial charge in [0.05, 0.1) is 19.4 Å². The van der Waals surface area contributed by atoms with E-state index >= 15 is 0 Å². The topological polar surface area (TPSA) is 73.0 Å². The maximum Gasteiger partial charge on any atom is 0.241 e. The predicted molar refractivity (Wildman–Crippen MR) is 89.8 cm³/mol. The van der Waals surface area contributed by atoms with Crippen LogP contribution in [0.2, 0.25) is 0 Å². The van der Waals surface area contributed by atoms with Crippen molar-refractivity contribution in [2.24, 2.45) is 5.16 Å². The molecule has 0 saturated heterocycles. The number of benzene rings is 1. The standard InChI is InChI=1S/C17H22N4O3/c1-4-13-9-15(23-19-13)10-21(2)11-16-18-17(20-24-16)12-5-7-14(22-3)8-6-12/h5-8,15H,4,9-11H2,1-3H3. The van der Waals surface area contributed by atoms with Crippen LogP contribution in [0, 0.1) is 0 Å². The number of aromatic nitrogens is 2. The third kappa shape index (κ3) is 3.91. The van der Waals surface area contributed by atoms with Crippen molar-refractivity contribution in [3.8, 4) is 17.1 Å². The zero-order valence-electron chi connectivity index (χ0n) is 14.2. The molecule has 0 N–H and O–H groups in total. The fourth-order valence-electron chi connectivity index (χ4n) is 2.61. The van der Waals surface area contributed by atoms with E-state index in [9.17, 15) is 0 Å². The number of likely N-dealkylation sites (N-methyl/N-ethyl adjacent to an activating group) is 1. The highest BCUT2D eigenvalue weighted by molar-refractivity contribution is 5.85. The van der Waals surface area contributed by atoms with Crippen LogP contribution in [0.3, 0.4) is 0 Å². The van der Waals surface area contributed by atoms with Crippen molar-refractivity contribution in [3.63, 3.8) is 0 Å². The maximum atomic E-state index is 5.43. The molecule has 1 aliphatic rings. The van der Waals surface area contributed by atoms with Crippen LogP contribution in [0.5, 0.6) is 5.75 Å². The molecule has 7 heteroatoms. The molecule has 0 fully saturated rings. The summed E-state index contributed by atoms with van der Waals surface area (Å²) in [6, 6.07) is 7.57. The van der Waals surface area contributed by atoms with Gasteiger partial charge >= 0.3 is 0 Å². The van der Waals surface area contributed by atoms with E-state index in [0.29, 0.717) is 18.3 Å². The van der Waals surface area contributed by atoms with Crippen LogP contribution >= 0.6 is 0 Å². The summed E-state index contributed by atoms with van der Waals surface area (Å²) in [5.74, 6) is 1.96. The van der Waals surface area contributed by atoms with Crippen molar-refractivity contribution >= 4 is 5.71 Å². The van der Waals surface area contributed by atoms with Crippen molar-refractivity contribution in [3.05, 3.63) is 30.2 Å². The zero-order valence-corrected chi connectivity index (χ0v) is 14.2. The third-order valence-corrected chi connectivity index (χ3v) is 3.94. The summed E-state index contributed by atoms with van der Waals surface area (Å²) in [5.41, 5.74) is 2.02. The molecule has 0 bridgehead atoms. The fraction of sp³-hybridized carbons (Fsp3) is 0.471. The van der Waals surface area contributed by atoms with E-state index < -0.39 is 0 Å². The van der Waals surface area contributed by atoms with E-state index in [0.717, 1.165) is 36.4 Å². The van der Waals surface area contributed by atoms with Crippen molar-refractivity contribution in [2.45, 2.75) is 32.4 Å². The van der Waals surface area contributed by atoms with Crippen molar-refractivity contribution < 1.29 is 14.1 Å². The van der Waals surface area contributed by atoms with Crippen molar-refractivity contribution in [1.29, 1.82) is 0 Å². The van der Waals surface area contributed by atoms with Crippen LogP contribution in [0.1, 0.15) is 25.7 Å². The molecular weight excluding hydrogens is 308 g/mol. The van der Waals surface area contributed by atoms with Gasteiger partial charge in [0.15, 0.2) is 0 Å². The molecule has 128 valence electrons. The molecule has 7 nitrogen and oxygen atoms in total. The summed E-state index contributed by atoms with van der Waals surface area (Å²) in [4.78, 5) is 12.0. The lowest BCUT2D eigenvalue weighted by molar-refractivity contribution is 0.0553. The Bertz CT molecular complexity index is 696. The lowest BCUT2D eigenvalue weighted by atomic mass is 10.1. The van der Waals surface area contributed by atoms with Gasteiger partial charge in [-0.3, -0.25) is 4.90 Å². The molecule has 2 aromatic rings. The summed E-state index contributed by atoms with van der Waals surface area (Å²) in [6.45, 7) is 3.44. The first kappa shape index (κ1) is 16.4. The molecular formula is C17H22N4O3. The molecule has 1 unspecified atom stereocenters. The summed E-state index contributed by atoms with van der Waals surface area (Å²) < 4.78 is 10.5. The van der Waals surface area contributed by atoms with Gasteiger partial charge in [0.1, 0.15) is 11.9 Å². The first-order valence-corrected chi connectivity index (χ1v) is 8.05. The first-order chi connectivity index (χ1) is 11.7. The molecule has 24 heavy (non-hydrogen) atoms. The Morgan fingerprint density at radius 2 is 2.08 bits per heavy atom. The van der Waals surface area contributed by atoms with Crippen LogP contribution in [0.15, 0.2) is 33.9 Å². The number of rotatable bonds is 7. The molecule has 0 radical (unpaired) electrons. The van der Waals surface area contributed by atoms with Crippen LogP contribution in [-0.4, -0.2) is 47.6 Å². The molecule has 1 atom stereocenters. The summed E-state index contributed by atoms with van der Waals surface area (Å²) in [7, 11) is 3.64. The number of ether oxygens (including phenoxy) is 1. The number of nitrogens with zero attached hydrogens (tertiary/aromatic N) is 4. The molecule has 1 aromatic heterocycles. The average molecular weight is 330 g/mol. The quantitative estimate of drug-likeness (QED) is 0.777. The van der Waals surface area contributed by atoms with E-state index in [2.05, 4.69) is 27.1 Å². The normalized spacial score (nSPS) is 17.0. The smallest absolute Gasteiger partial charge is 0.241 e. The summed E-state index contributed by atoms with van der Waals surface area (Å²) in [5, 5.41) is 8.13. The Kier molecular flexibility index (Phi) is 5.10. The summed E-state index contributed by atoms with van der Waals surface area (Å²) >= 11 is 0. The Morgan fingerprint density at radius 3 is 2.75 bits per heavy atom. The van der Waals surface area contributed by atoms with Crippen molar-refractivity contribution in [2.75, 3.05) is 20.7 Å². The number of hydrogen-bond acceptors (Lipinski definition) is 7.